The summed E-state index contributed by atoms with van der Waals surface area (Å²) in [6.45, 7) is 4.46. The van der Waals surface area contributed by atoms with Crippen LogP contribution in [0.4, 0.5) is 30.8 Å². The molecule has 188 valence electrons. The monoisotopic (exact) mass is 495 g/mol. The Balaban J connectivity index is 1.32. The lowest BCUT2D eigenvalue weighted by Gasteiger charge is -2.19. The average molecular weight is 496 g/mol. The molecule has 2 aliphatic rings. The molecule has 0 aliphatic carbocycles. The second kappa shape index (κ2) is 9.94. The van der Waals surface area contributed by atoms with Gasteiger partial charge in [-0.3, -0.25) is 10.2 Å². The summed E-state index contributed by atoms with van der Waals surface area (Å²) in [5, 5.41) is 11.6. The van der Waals surface area contributed by atoms with Gasteiger partial charge in [0.25, 0.3) is 0 Å². The zero-order valence-corrected chi connectivity index (χ0v) is 19.9. The summed E-state index contributed by atoms with van der Waals surface area (Å²) in [4.78, 5) is 27.0. The second-order valence-corrected chi connectivity index (χ2v) is 8.84. The van der Waals surface area contributed by atoms with E-state index in [1.54, 1.807) is 16.6 Å². The number of hydrogen-bond acceptors (Lipinski definition) is 5. The largest absolute Gasteiger partial charge is 0.372 e. The first-order valence-corrected chi connectivity index (χ1v) is 11.9. The summed E-state index contributed by atoms with van der Waals surface area (Å²) in [5.74, 6) is -1.19. The Morgan fingerprint density at radius 1 is 0.972 bits per heavy atom. The van der Waals surface area contributed by atoms with Gasteiger partial charge in [-0.15, -0.1) is 0 Å². The minimum atomic E-state index is -0.869. The van der Waals surface area contributed by atoms with E-state index in [1.165, 1.54) is 12.8 Å². The number of carbonyl (C=O) groups is 2. The molecular formula is C25H27F2N7O2. The molecule has 1 saturated heterocycles. The van der Waals surface area contributed by atoms with Crippen LogP contribution in [0.25, 0.3) is 5.69 Å². The van der Waals surface area contributed by atoms with Gasteiger partial charge < -0.3 is 15.5 Å². The molecule has 1 fully saturated rings. The van der Waals surface area contributed by atoms with Crippen LogP contribution in [0.15, 0.2) is 42.5 Å². The summed E-state index contributed by atoms with van der Waals surface area (Å²) in [6, 6.07) is 10.3. The lowest BCUT2D eigenvalue weighted by Crippen LogP contribution is -2.41. The molecule has 3 heterocycles. The van der Waals surface area contributed by atoms with Crippen molar-refractivity contribution in [1.29, 1.82) is 0 Å². The van der Waals surface area contributed by atoms with Gasteiger partial charge in [-0.2, -0.15) is 5.10 Å². The fourth-order valence-corrected chi connectivity index (χ4v) is 4.50. The SMILES string of the molecule is CCC(=O)Nc1c2c(nn1-c1ccc(N3CCCC3)cc1)CN(NC(=O)Nc1ccc(F)cc1F)C2. The Morgan fingerprint density at radius 2 is 1.69 bits per heavy atom. The van der Waals surface area contributed by atoms with Gasteiger partial charge in [-0.25, -0.2) is 23.3 Å². The number of rotatable bonds is 6. The van der Waals surface area contributed by atoms with Crippen molar-refractivity contribution in [3.05, 3.63) is 65.4 Å². The Bertz CT molecular complexity index is 1290. The van der Waals surface area contributed by atoms with E-state index in [9.17, 15) is 18.4 Å². The lowest BCUT2D eigenvalue weighted by atomic mass is 10.2. The quantitative estimate of drug-likeness (QED) is 0.478. The summed E-state index contributed by atoms with van der Waals surface area (Å²) >= 11 is 0. The second-order valence-electron chi connectivity index (χ2n) is 8.84. The Morgan fingerprint density at radius 3 is 2.39 bits per heavy atom. The van der Waals surface area contributed by atoms with Crippen molar-refractivity contribution < 1.29 is 18.4 Å². The summed E-state index contributed by atoms with van der Waals surface area (Å²) in [5.41, 5.74) is 5.99. The minimum Gasteiger partial charge on any atom is -0.372 e. The van der Waals surface area contributed by atoms with Gasteiger partial charge in [0.1, 0.15) is 17.5 Å². The third kappa shape index (κ3) is 4.87. The molecule has 36 heavy (non-hydrogen) atoms. The zero-order valence-electron chi connectivity index (χ0n) is 19.9. The van der Waals surface area contributed by atoms with E-state index < -0.39 is 17.7 Å². The molecule has 0 saturated carbocycles. The number of benzene rings is 2. The van der Waals surface area contributed by atoms with Crippen LogP contribution in [0.2, 0.25) is 0 Å². The van der Waals surface area contributed by atoms with E-state index in [0.717, 1.165) is 42.2 Å². The first-order chi connectivity index (χ1) is 17.4. The minimum absolute atomic E-state index is 0.135. The van der Waals surface area contributed by atoms with Gasteiger partial charge in [0.2, 0.25) is 5.91 Å². The normalized spacial score (nSPS) is 15.1. The van der Waals surface area contributed by atoms with Gasteiger partial charge in [0.05, 0.1) is 23.6 Å². The highest BCUT2D eigenvalue weighted by molar-refractivity contribution is 5.91. The van der Waals surface area contributed by atoms with Gasteiger partial charge >= 0.3 is 6.03 Å². The number of halogens is 2. The van der Waals surface area contributed by atoms with Crippen LogP contribution in [0.1, 0.15) is 37.4 Å². The van der Waals surface area contributed by atoms with Crippen LogP contribution in [0.5, 0.6) is 0 Å². The van der Waals surface area contributed by atoms with Crippen LogP contribution in [-0.4, -0.2) is 39.8 Å². The first kappa shape index (κ1) is 23.7. The van der Waals surface area contributed by atoms with E-state index in [-0.39, 0.29) is 11.6 Å². The van der Waals surface area contributed by atoms with Crippen LogP contribution in [-0.2, 0) is 17.9 Å². The lowest BCUT2D eigenvalue weighted by molar-refractivity contribution is -0.115. The van der Waals surface area contributed by atoms with Crippen molar-refractivity contribution in [2.75, 3.05) is 28.6 Å². The molecule has 3 amide bonds. The Hall–Kier alpha value is -3.99. The highest BCUT2D eigenvalue weighted by Gasteiger charge is 2.30. The molecule has 2 aliphatic heterocycles. The van der Waals surface area contributed by atoms with Gasteiger partial charge in [-0.05, 0) is 49.2 Å². The Labute approximate surface area is 207 Å². The standard InChI is InChI=1S/C25H27F2N7O2/c1-2-23(35)29-24-19-14-33(31-25(36)28-21-10-5-16(26)13-20(21)27)15-22(19)30-34(24)18-8-6-17(7-9-18)32-11-3-4-12-32/h5-10,13H,2-4,11-12,14-15H2,1H3,(H,29,35)(H2,28,31,36). The molecule has 3 aromatic rings. The molecular weight excluding hydrogens is 468 g/mol. The predicted molar refractivity (Wildman–Crippen MR) is 132 cm³/mol. The molecule has 0 radical (unpaired) electrons. The molecule has 0 unspecified atom stereocenters. The molecule has 9 nitrogen and oxygen atoms in total. The number of fused-ring (bicyclic) bond motifs is 1. The van der Waals surface area contributed by atoms with E-state index in [1.807, 2.05) is 12.1 Å². The van der Waals surface area contributed by atoms with Crippen molar-refractivity contribution in [3.63, 3.8) is 0 Å². The number of amides is 3. The van der Waals surface area contributed by atoms with Crippen molar-refractivity contribution in [3.8, 4) is 5.69 Å². The highest BCUT2D eigenvalue weighted by Crippen LogP contribution is 2.32. The fourth-order valence-electron chi connectivity index (χ4n) is 4.50. The van der Waals surface area contributed by atoms with E-state index in [0.29, 0.717) is 37.1 Å². The molecule has 1 aromatic heterocycles. The molecule has 2 aromatic carbocycles. The summed E-state index contributed by atoms with van der Waals surface area (Å²) in [6.07, 6.45) is 2.70. The average Bonchev–Trinajstić information content (AvgIpc) is 3.59. The van der Waals surface area contributed by atoms with Gasteiger partial charge in [0.15, 0.2) is 0 Å². The molecule has 5 rings (SSSR count). The number of nitrogens with one attached hydrogen (secondary N) is 3. The van der Waals surface area contributed by atoms with Crippen molar-refractivity contribution in [2.45, 2.75) is 39.3 Å². The summed E-state index contributed by atoms with van der Waals surface area (Å²) < 4.78 is 28.7. The van der Waals surface area contributed by atoms with Crippen molar-refractivity contribution in [1.82, 2.24) is 20.2 Å². The molecule has 0 spiro atoms. The number of anilines is 3. The number of hydrazine groups is 1. The molecule has 0 atom stereocenters. The number of carbonyl (C=O) groups excluding carboxylic acids is 2. The Kier molecular flexibility index (Phi) is 6.55. The van der Waals surface area contributed by atoms with Crippen LogP contribution >= 0.6 is 0 Å². The van der Waals surface area contributed by atoms with Crippen LogP contribution < -0.4 is 21.0 Å². The maximum Gasteiger partial charge on any atom is 0.333 e. The first-order valence-electron chi connectivity index (χ1n) is 11.9. The number of aromatic nitrogens is 2. The summed E-state index contributed by atoms with van der Waals surface area (Å²) in [7, 11) is 0. The topological polar surface area (TPSA) is 94.5 Å². The maximum absolute atomic E-state index is 13.9. The van der Waals surface area contributed by atoms with E-state index >= 15 is 0 Å². The van der Waals surface area contributed by atoms with Crippen molar-refractivity contribution in [2.24, 2.45) is 0 Å². The molecule has 11 heteroatoms. The predicted octanol–water partition coefficient (Wildman–Crippen LogP) is 4.15. The zero-order chi connectivity index (χ0) is 25.2. The number of urea groups is 1. The fraction of sp³-hybridized carbons (Fsp3) is 0.320. The van der Waals surface area contributed by atoms with Gasteiger partial charge in [0, 0.05) is 43.4 Å². The third-order valence-electron chi connectivity index (χ3n) is 6.34. The van der Waals surface area contributed by atoms with E-state index in [4.69, 9.17) is 5.10 Å². The molecule has 3 N–H and O–H groups in total. The molecule has 0 bridgehead atoms. The number of hydrogen-bond donors (Lipinski definition) is 3. The maximum atomic E-state index is 13.9. The van der Waals surface area contributed by atoms with Crippen LogP contribution in [0, 0.1) is 11.6 Å². The van der Waals surface area contributed by atoms with Crippen molar-refractivity contribution >= 4 is 29.1 Å². The van der Waals surface area contributed by atoms with Gasteiger partial charge in [-0.1, -0.05) is 6.92 Å². The third-order valence-corrected chi connectivity index (χ3v) is 6.34. The highest BCUT2D eigenvalue weighted by atomic mass is 19.1. The van der Waals surface area contributed by atoms with E-state index in [2.05, 4.69) is 33.1 Å². The number of nitrogens with zero attached hydrogens (tertiary/aromatic N) is 4. The smallest absolute Gasteiger partial charge is 0.333 e. The van der Waals surface area contributed by atoms with Crippen LogP contribution in [0.3, 0.4) is 0 Å².